The van der Waals surface area contributed by atoms with Crippen molar-refractivity contribution in [3.05, 3.63) is 23.0 Å². The van der Waals surface area contributed by atoms with Crippen LogP contribution in [0.25, 0.3) is 0 Å². The second-order valence-corrected chi connectivity index (χ2v) is 3.11. The van der Waals surface area contributed by atoms with E-state index in [4.69, 9.17) is 10.2 Å². The van der Waals surface area contributed by atoms with Gasteiger partial charge in [0.15, 0.2) is 0 Å². The molecule has 0 bridgehead atoms. The Morgan fingerprint density at radius 1 is 1.36 bits per heavy atom. The molecule has 0 aromatic rings. The zero-order valence-electron chi connectivity index (χ0n) is 7.87. The van der Waals surface area contributed by atoms with Crippen LogP contribution < -0.4 is 5.32 Å². The van der Waals surface area contributed by atoms with Gasteiger partial charge in [0.05, 0.1) is 11.1 Å². The molecule has 0 aromatic heterocycles. The molecule has 1 rings (SSSR count). The molecular formula is C9H11NO4. The van der Waals surface area contributed by atoms with Crippen molar-refractivity contribution >= 4 is 11.9 Å². The fourth-order valence-electron chi connectivity index (χ4n) is 1.46. The molecule has 1 unspecified atom stereocenters. The van der Waals surface area contributed by atoms with Crippen molar-refractivity contribution in [3.8, 4) is 0 Å². The van der Waals surface area contributed by atoms with Crippen LogP contribution in [0, 0.1) is 5.92 Å². The first-order valence-electron chi connectivity index (χ1n) is 4.09. The van der Waals surface area contributed by atoms with E-state index in [-0.39, 0.29) is 11.1 Å². The molecule has 3 N–H and O–H groups in total. The summed E-state index contributed by atoms with van der Waals surface area (Å²) in [5, 5.41) is 20.3. The van der Waals surface area contributed by atoms with Crippen LogP contribution in [0.15, 0.2) is 23.0 Å². The number of carbonyl (C=O) groups is 2. The predicted molar refractivity (Wildman–Crippen MR) is 48.4 cm³/mol. The Hall–Kier alpha value is -1.78. The van der Waals surface area contributed by atoms with Crippen molar-refractivity contribution in [2.24, 2.45) is 5.92 Å². The first kappa shape index (κ1) is 10.3. The Bertz CT molecular complexity index is 354. The van der Waals surface area contributed by atoms with Gasteiger partial charge in [-0.2, -0.15) is 0 Å². The summed E-state index contributed by atoms with van der Waals surface area (Å²) in [5.41, 5.74) is 0.646. The molecule has 76 valence electrons. The minimum Gasteiger partial charge on any atom is -0.478 e. The third kappa shape index (κ3) is 1.61. The summed E-state index contributed by atoms with van der Waals surface area (Å²) in [5.74, 6) is -2.78. The maximum absolute atomic E-state index is 10.8. The molecular weight excluding hydrogens is 186 g/mol. The third-order valence-electron chi connectivity index (χ3n) is 2.23. The van der Waals surface area contributed by atoms with E-state index in [1.165, 1.54) is 6.20 Å². The summed E-state index contributed by atoms with van der Waals surface area (Å²) in [6.45, 7) is 3.17. The topological polar surface area (TPSA) is 86.6 Å². The lowest BCUT2D eigenvalue weighted by atomic mass is 9.89. The van der Waals surface area contributed by atoms with Gasteiger partial charge >= 0.3 is 11.9 Å². The van der Waals surface area contributed by atoms with Gasteiger partial charge in [-0.15, -0.1) is 0 Å². The molecule has 0 fully saturated rings. The fraction of sp³-hybridized carbons (Fsp3) is 0.333. The number of hydrogen-bond donors (Lipinski definition) is 3. The summed E-state index contributed by atoms with van der Waals surface area (Å²) in [4.78, 5) is 21.5. The number of carboxylic acids is 2. The van der Waals surface area contributed by atoms with Crippen LogP contribution in [-0.2, 0) is 9.59 Å². The molecule has 0 amide bonds. The van der Waals surface area contributed by atoms with Gasteiger partial charge in [0.2, 0.25) is 0 Å². The molecule has 5 heteroatoms. The number of aliphatic carboxylic acids is 2. The molecule has 0 aliphatic carbocycles. The normalized spacial score (nSPS) is 21.3. The Balaban J connectivity index is 3.08. The van der Waals surface area contributed by atoms with E-state index in [1.807, 2.05) is 0 Å². The van der Waals surface area contributed by atoms with Gasteiger partial charge in [-0.25, -0.2) is 9.59 Å². The predicted octanol–water partition coefficient (Wildman–Crippen LogP) is 0.553. The Morgan fingerprint density at radius 2 is 1.93 bits per heavy atom. The van der Waals surface area contributed by atoms with Gasteiger partial charge in [-0.1, -0.05) is 6.92 Å². The number of allylic oxidation sites excluding steroid dienone is 1. The summed E-state index contributed by atoms with van der Waals surface area (Å²) < 4.78 is 0. The van der Waals surface area contributed by atoms with Gasteiger partial charge in [-0.3, -0.25) is 0 Å². The van der Waals surface area contributed by atoms with Gasteiger partial charge in [0.1, 0.15) is 0 Å². The first-order chi connectivity index (χ1) is 6.45. The maximum Gasteiger partial charge on any atom is 0.333 e. The van der Waals surface area contributed by atoms with Crippen molar-refractivity contribution < 1.29 is 19.8 Å². The van der Waals surface area contributed by atoms with Gasteiger partial charge in [0.25, 0.3) is 0 Å². The molecule has 0 saturated heterocycles. The molecule has 0 aromatic carbocycles. The number of nitrogens with one attached hydrogen (secondary N) is 1. The van der Waals surface area contributed by atoms with Crippen LogP contribution in [0.3, 0.4) is 0 Å². The van der Waals surface area contributed by atoms with Crippen molar-refractivity contribution in [1.82, 2.24) is 5.32 Å². The zero-order chi connectivity index (χ0) is 10.9. The molecule has 1 heterocycles. The largest absolute Gasteiger partial charge is 0.478 e. The lowest BCUT2D eigenvalue weighted by Crippen LogP contribution is -2.27. The second kappa shape index (κ2) is 3.53. The minimum atomic E-state index is -1.10. The molecule has 1 atom stereocenters. The van der Waals surface area contributed by atoms with E-state index in [0.29, 0.717) is 5.70 Å². The molecule has 0 spiro atoms. The van der Waals surface area contributed by atoms with Crippen molar-refractivity contribution in [2.75, 3.05) is 0 Å². The quantitative estimate of drug-likeness (QED) is 0.601. The van der Waals surface area contributed by atoms with E-state index >= 15 is 0 Å². The standard InChI is InChI=1S/C9H11NO4/c1-4-6(8(11)12)3-10-5(2)7(4)9(13)14/h3-4,10H,1-2H3,(H,11,12)(H,13,14). The summed E-state index contributed by atoms with van der Waals surface area (Å²) >= 11 is 0. The van der Waals surface area contributed by atoms with Gasteiger partial charge in [0, 0.05) is 17.8 Å². The Labute approximate surface area is 80.7 Å². The first-order valence-corrected chi connectivity index (χ1v) is 4.09. The molecule has 0 saturated carbocycles. The zero-order valence-corrected chi connectivity index (χ0v) is 7.87. The number of dihydropyridines is 1. The molecule has 1 aliphatic rings. The van der Waals surface area contributed by atoms with E-state index < -0.39 is 17.9 Å². The average molecular weight is 197 g/mol. The van der Waals surface area contributed by atoms with Crippen molar-refractivity contribution in [2.45, 2.75) is 13.8 Å². The molecule has 1 aliphatic heterocycles. The highest BCUT2D eigenvalue weighted by atomic mass is 16.4. The van der Waals surface area contributed by atoms with Gasteiger partial charge < -0.3 is 15.5 Å². The molecule has 14 heavy (non-hydrogen) atoms. The van der Waals surface area contributed by atoms with Crippen LogP contribution in [0.1, 0.15) is 13.8 Å². The summed E-state index contributed by atoms with van der Waals surface area (Å²) in [7, 11) is 0. The maximum atomic E-state index is 10.8. The average Bonchev–Trinajstić information content (AvgIpc) is 2.02. The van der Waals surface area contributed by atoms with E-state index in [9.17, 15) is 9.59 Å². The monoisotopic (exact) mass is 197 g/mol. The van der Waals surface area contributed by atoms with Crippen LogP contribution in [-0.4, -0.2) is 22.2 Å². The van der Waals surface area contributed by atoms with Crippen LogP contribution >= 0.6 is 0 Å². The number of rotatable bonds is 2. The van der Waals surface area contributed by atoms with Crippen LogP contribution in [0.2, 0.25) is 0 Å². The summed E-state index contributed by atoms with van der Waals surface area (Å²) in [6.07, 6.45) is 1.33. The Kier molecular flexibility index (Phi) is 2.60. The van der Waals surface area contributed by atoms with Gasteiger partial charge in [-0.05, 0) is 6.92 Å². The second-order valence-electron chi connectivity index (χ2n) is 3.11. The van der Waals surface area contributed by atoms with Crippen molar-refractivity contribution in [3.63, 3.8) is 0 Å². The number of carboxylic acid groups (broad SMARTS) is 2. The molecule has 0 radical (unpaired) electrons. The third-order valence-corrected chi connectivity index (χ3v) is 2.23. The van der Waals surface area contributed by atoms with Crippen LogP contribution in [0.5, 0.6) is 0 Å². The smallest absolute Gasteiger partial charge is 0.333 e. The highest BCUT2D eigenvalue weighted by Crippen LogP contribution is 2.25. The molecule has 5 nitrogen and oxygen atoms in total. The lowest BCUT2D eigenvalue weighted by molar-refractivity contribution is -0.133. The van der Waals surface area contributed by atoms with Crippen LogP contribution in [0.4, 0.5) is 0 Å². The van der Waals surface area contributed by atoms with E-state index in [0.717, 1.165) is 0 Å². The lowest BCUT2D eigenvalue weighted by Gasteiger charge is -2.21. The highest BCUT2D eigenvalue weighted by Gasteiger charge is 2.29. The fourth-order valence-corrected chi connectivity index (χ4v) is 1.46. The Morgan fingerprint density at radius 3 is 2.36 bits per heavy atom. The SMILES string of the molecule is CC1=C(C(=O)O)C(C)C(C(=O)O)=CN1. The summed E-state index contributed by atoms with van der Waals surface area (Å²) in [6, 6.07) is 0. The van der Waals surface area contributed by atoms with E-state index in [2.05, 4.69) is 5.32 Å². The van der Waals surface area contributed by atoms with E-state index in [1.54, 1.807) is 13.8 Å². The number of hydrogen-bond acceptors (Lipinski definition) is 3. The highest BCUT2D eigenvalue weighted by molar-refractivity contribution is 5.95. The van der Waals surface area contributed by atoms with Crippen molar-refractivity contribution in [1.29, 1.82) is 0 Å². The minimum absolute atomic E-state index is 0.0630.